The van der Waals surface area contributed by atoms with E-state index < -0.39 is 29.5 Å². The third kappa shape index (κ3) is 3.68. The molecule has 25 heavy (non-hydrogen) atoms. The molecule has 0 radical (unpaired) electrons. The van der Waals surface area contributed by atoms with E-state index in [1.54, 1.807) is 0 Å². The first-order chi connectivity index (χ1) is 11.4. The number of rotatable bonds is 3. The van der Waals surface area contributed by atoms with Crippen LogP contribution in [0, 0.1) is 28.8 Å². The first-order valence-electron chi connectivity index (χ1n) is 8.40. The Bertz CT molecular complexity index is 635. The fourth-order valence-electron chi connectivity index (χ4n) is 4.39. The number of hydrogen-bond acceptors (Lipinski definition) is 3. The zero-order chi connectivity index (χ0) is 19.2. The third-order valence-electron chi connectivity index (χ3n) is 5.40. The van der Waals surface area contributed by atoms with Gasteiger partial charge in [-0.05, 0) is 0 Å². The number of carbonyl (C=O) groups is 3. The van der Waals surface area contributed by atoms with Crippen LogP contribution in [0.4, 0.5) is 4.79 Å². The van der Waals surface area contributed by atoms with Crippen molar-refractivity contribution in [2.45, 2.75) is 53.1 Å². The van der Waals surface area contributed by atoms with Crippen molar-refractivity contribution in [1.29, 1.82) is 0 Å². The van der Waals surface area contributed by atoms with Crippen molar-refractivity contribution in [3.8, 4) is 6.13 Å². The molecule has 1 heterocycles. The number of aliphatic carboxylic acids is 1. The molecule has 4 atom stereocenters. The molecule has 1 aliphatic carbocycles. The molecule has 0 aromatic rings. The summed E-state index contributed by atoms with van der Waals surface area (Å²) in [6, 6.07) is -2.23. The molecule has 2 fully saturated rings. The summed E-state index contributed by atoms with van der Waals surface area (Å²) in [6.07, 6.45) is 6.18. The van der Waals surface area contributed by atoms with Gasteiger partial charge in [0.15, 0.2) is 0 Å². The third-order valence-corrected chi connectivity index (χ3v) is 5.73. The van der Waals surface area contributed by atoms with Gasteiger partial charge in [0.25, 0.3) is 0 Å². The van der Waals surface area contributed by atoms with Crippen LogP contribution in [0.25, 0.3) is 0 Å². The quantitative estimate of drug-likeness (QED) is 0.665. The van der Waals surface area contributed by atoms with E-state index in [9.17, 15) is 19.5 Å². The van der Waals surface area contributed by atoms with Crippen LogP contribution >= 0.6 is 8.19 Å². The van der Waals surface area contributed by atoms with Crippen molar-refractivity contribution < 1.29 is 19.5 Å². The van der Waals surface area contributed by atoms with Crippen molar-refractivity contribution in [2.24, 2.45) is 22.7 Å². The molecule has 1 saturated heterocycles. The van der Waals surface area contributed by atoms with Gasteiger partial charge in [0, 0.05) is 0 Å². The van der Waals surface area contributed by atoms with Crippen molar-refractivity contribution >= 4 is 26.1 Å². The van der Waals surface area contributed by atoms with Crippen LogP contribution in [0.3, 0.4) is 0 Å². The SMILES string of the molecule is C#[P+]NC(=O)N[C@H](C(=O)N1C[C@@H]2CC(C)(C)[C@@H]2[C@H]1C(=O)O)C(C)(C)C. The number of likely N-dealkylation sites (tertiary alicyclic amines) is 1. The van der Waals surface area contributed by atoms with Gasteiger partial charge in [-0.25, -0.2) is 0 Å². The molecule has 0 spiro atoms. The van der Waals surface area contributed by atoms with E-state index >= 15 is 0 Å². The number of nitrogens with zero attached hydrogens (tertiary/aromatic N) is 1. The molecule has 2 aliphatic rings. The monoisotopic (exact) mass is 368 g/mol. The van der Waals surface area contributed by atoms with Crippen molar-refractivity contribution in [3.63, 3.8) is 0 Å². The zero-order valence-corrected chi connectivity index (χ0v) is 16.3. The zero-order valence-electron chi connectivity index (χ0n) is 15.4. The van der Waals surface area contributed by atoms with Crippen molar-refractivity contribution in [1.82, 2.24) is 15.3 Å². The molecular weight excluding hydrogens is 341 g/mol. The summed E-state index contributed by atoms with van der Waals surface area (Å²) in [7, 11) is 0.184. The maximum atomic E-state index is 13.2. The molecular formula is C17H27N3O4P+. The number of amides is 3. The normalized spacial score (nSPS) is 28.3. The van der Waals surface area contributed by atoms with Crippen LogP contribution in [0.2, 0.25) is 0 Å². The minimum atomic E-state index is -0.980. The topological polar surface area (TPSA) is 98.7 Å². The second-order valence-corrected chi connectivity index (χ2v) is 9.25. The van der Waals surface area contributed by atoms with E-state index in [2.05, 4.69) is 10.4 Å². The predicted molar refractivity (Wildman–Crippen MR) is 95.3 cm³/mol. The van der Waals surface area contributed by atoms with E-state index in [-0.39, 0.29) is 31.3 Å². The van der Waals surface area contributed by atoms with E-state index in [1.807, 2.05) is 34.6 Å². The Balaban J connectivity index is 2.27. The summed E-state index contributed by atoms with van der Waals surface area (Å²) < 4.78 is 0. The number of carbonyl (C=O) groups excluding carboxylic acids is 2. The van der Waals surface area contributed by atoms with Crippen LogP contribution in [0.5, 0.6) is 0 Å². The number of nitrogens with one attached hydrogen (secondary N) is 2. The van der Waals surface area contributed by atoms with Gasteiger partial charge in [-0.15, -0.1) is 0 Å². The second kappa shape index (κ2) is 6.62. The van der Waals surface area contributed by atoms with Gasteiger partial charge in [0.05, 0.1) is 0 Å². The van der Waals surface area contributed by atoms with Gasteiger partial charge in [-0.1, -0.05) is 0 Å². The summed E-state index contributed by atoms with van der Waals surface area (Å²) in [5, 5.41) is 14.8. The molecule has 0 aromatic heterocycles. The minimum absolute atomic E-state index is 0.0500. The molecule has 3 N–H and O–H groups in total. The molecule has 1 saturated carbocycles. The Labute approximate surface area is 150 Å². The Morgan fingerprint density at radius 3 is 2.36 bits per heavy atom. The van der Waals surface area contributed by atoms with Gasteiger partial charge in [-0.3, -0.25) is 0 Å². The number of carboxylic acid groups (broad SMARTS) is 1. The van der Waals surface area contributed by atoms with E-state index in [1.165, 1.54) is 4.90 Å². The first-order valence-corrected chi connectivity index (χ1v) is 9.36. The Morgan fingerprint density at radius 1 is 1.32 bits per heavy atom. The van der Waals surface area contributed by atoms with Gasteiger partial charge < -0.3 is 0 Å². The Hall–Kier alpha value is -1.58. The van der Waals surface area contributed by atoms with Gasteiger partial charge in [-0.2, -0.15) is 0 Å². The van der Waals surface area contributed by atoms with Crippen LogP contribution in [0.15, 0.2) is 0 Å². The second-order valence-electron chi connectivity index (χ2n) is 8.77. The molecule has 0 unspecified atom stereocenters. The molecule has 138 valence electrons. The molecule has 8 heteroatoms. The van der Waals surface area contributed by atoms with Crippen LogP contribution in [0.1, 0.15) is 41.0 Å². The Kier molecular flexibility index (Phi) is 5.23. The molecule has 7 nitrogen and oxygen atoms in total. The van der Waals surface area contributed by atoms with Crippen LogP contribution in [-0.4, -0.2) is 46.5 Å². The number of urea groups is 1. The number of hydrogen-bond donors (Lipinski definition) is 3. The summed E-state index contributed by atoms with van der Waals surface area (Å²) >= 11 is 0. The summed E-state index contributed by atoms with van der Waals surface area (Å²) in [4.78, 5) is 38.4. The van der Waals surface area contributed by atoms with Crippen LogP contribution < -0.4 is 10.4 Å². The van der Waals surface area contributed by atoms with E-state index in [0.29, 0.717) is 6.54 Å². The Morgan fingerprint density at radius 2 is 1.92 bits per heavy atom. The predicted octanol–water partition coefficient (Wildman–Crippen LogP) is 2.11. The maximum absolute atomic E-state index is 13.2. The molecule has 0 bridgehead atoms. The molecule has 2 rings (SSSR count). The first kappa shape index (κ1) is 19.7. The van der Waals surface area contributed by atoms with Crippen LogP contribution in [-0.2, 0) is 9.59 Å². The fraction of sp³-hybridized carbons (Fsp3) is 0.765. The average Bonchev–Trinajstić information content (AvgIpc) is 2.78. The van der Waals surface area contributed by atoms with Gasteiger partial charge >= 0.3 is 149 Å². The molecule has 0 aromatic carbocycles. The van der Waals surface area contributed by atoms with E-state index in [0.717, 1.165) is 6.42 Å². The van der Waals surface area contributed by atoms with Crippen molar-refractivity contribution in [3.05, 3.63) is 0 Å². The summed E-state index contributed by atoms with van der Waals surface area (Å²) in [5.74, 6) is -1.18. The summed E-state index contributed by atoms with van der Waals surface area (Å²) in [5.41, 5.74) is -0.663. The molecule has 3 amide bonds. The molecule has 1 aliphatic heterocycles. The summed E-state index contributed by atoms with van der Waals surface area (Å²) in [6.45, 7) is 10.0. The van der Waals surface area contributed by atoms with Gasteiger partial charge in [0.1, 0.15) is 0 Å². The number of fused-ring (bicyclic) bond motifs is 1. The van der Waals surface area contributed by atoms with Crippen molar-refractivity contribution in [2.75, 3.05) is 6.54 Å². The van der Waals surface area contributed by atoms with Gasteiger partial charge in [0.2, 0.25) is 0 Å². The standard InChI is InChI=1S/C17H26N3O4P/c1-16(2,3)12(18-15(24)19-25-6)13(21)20-8-9-7-17(4,5)10(9)11(20)14(22)23/h6,9-12H,7-8H2,1-5H3,(H2-,18,19,22,23,24)/p+1/t9-,10-,11-,12+/m0/s1. The van der Waals surface area contributed by atoms with E-state index in [4.69, 9.17) is 6.13 Å². The average molecular weight is 368 g/mol. The fourth-order valence-corrected chi connectivity index (χ4v) is 4.57. The number of carboxylic acids is 1.